The number of methoxy groups -OCH3 is 4. The highest BCUT2D eigenvalue weighted by molar-refractivity contribution is 7.80. The van der Waals surface area contributed by atoms with Crippen molar-refractivity contribution in [2.24, 2.45) is 5.73 Å². The molecule has 1 aliphatic rings. The summed E-state index contributed by atoms with van der Waals surface area (Å²) in [5, 5.41) is 0. The van der Waals surface area contributed by atoms with Gasteiger partial charge in [0, 0.05) is 11.6 Å². The van der Waals surface area contributed by atoms with Crippen LogP contribution in [-0.4, -0.2) is 58.7 Å². The molecule has 0 aliphatic carbocycles. The van der Waals surface area contributed by atoms with Crippen LogP contribution in [-0.2, 0) is 23.8 Å². The second-order valence-electron chi connectivity index (χ2n) is 5.30. The Kier molecular flexibility index (Phi) is 6.59. The van der Waals surface area contributed by atoms with Crippen LogP contribution in [0.1, 0.15) is 5.56 Å². The molecule has 10 heteroatoms. The van der Waals surface area contributed by atoms with Gasteiger partial charge >= 0.3 is 11.9 Å². The van der Waals surface area contributed by atoms with Crippen molar-refractivity contribution in [1.82, 2.24) is 0 Å². The Morgan fingerprint density at radius 3 is 2.19 bits per heavy atom. The minimum Gasteiger partial charge on any atom is -0.493 e. The van der Waals surface area contributed by atoms with Crippen LogP contribution in [0.15, 0.2) is 23.4 Å². The van der Waals surface area contributed by atoms with Crippen LogP contribution in [0, 0.1) is 0 Å². The van der Waals surface area contributed by atoms with Crippen LogP contribution in [0.3, 0.4) is 0 Å². The van der Waals surface area contributed by atoms with Crippen LogP contribution in [0.5, 0.6) is 11.5 Å². The molecule has 0 saturated carbocycles. The number of hydrogen-bond acceptors (Lipinski definition) is 9. The minimum absolute atomic E-state index is 0.0132. The molecule has 2 N–H and O–H groups in total. The summed E-state index contributed by atoms with van der Waals surface area (Å²) in [6.45, 7) is -0.153. The van der Waals surface area contributed by atoms with Gasteiger partial charge in [0.05, 0.1) is 46.3 Å². The number of nitrogens with zero attached hydrogens (tertiary/aromatic N) is 1. The smallest absolute Gasteiger partial charge is 0.355 e. The molecule has 1 heterocycles. The van der Waals surface area contributed by atoms with E-state index in [1.807, 2.05) is 0 Å². The van der Waals surface area contributed by atoms with E-state index < -0.39 is 11.9 Å². The Hall–Kier alpha value is -2.85. The largest absolute Gasteiger partial charge is 0.493 e. The Morgan fingerprint density at radius 2 is 1.67 bits per heavy atom. The van der Waals surface area contributed by atoms with Crippen molar-refractivity contribution >= 4 is 34.8 Å². The molecule has 0 atom stereocenters. The quantitative estimate of drug-likeness (QED) is 0.546. The number of carbonyl (C=O) groups is 2. The van der Waals surface area contributed by atoms with E-state index >= 15 is 0 Å². The second kappa shape index (κ2) is 8.69. The highest BCUT2D eigenvalue weighted by atomic mass is 32.1. The molecule has 0 aromatic heterocycles. The van der Waals surface area contributed by atoms with E-state index in [-0.39, 0.29) is 29.6 Å². The van der Waals surface area contributed by atoms with Gasteiger partial charge in [0.25, 0.3) is 0 Å². The lowest BCUT2D eigenvalue weighted by Gasteiger charge is -2.32. The van der Waals surface area contributed by atoms with E-state index in [9.17, 15) is 9.59 Å². The maximum Gasteiger partial charge on any atom is 0.355 e. The average Bonchev–Trinajstić information content (AvgIpc) is 2.70. The molecule has 0 unspecified atom stereocenters. The molecule has 1 aromatic rings. The molecule has 1 aliphatic heterocycles. The zero-order chi connectivity index (χ0) is 20.1. The summed E-state index contributed by atoms with van der Waals surface area (Å²) in [6, 6.07) is 3.16. The maximum atomic E-state index is 12.4. The maximum absolute atomic E-state index is 12.4. The van der Waals surface area contributed by atoms with Gasteiger partial charge in [-0.05, 0) is 6.07 Å². The molecule has 9 nitrogen and oxygen atoms in total. The summed E-state index contributed by atoms with van der Waals surface area (Å²) >= 11 is 5.13. The fraction of sp³-hybridized carbons (Fsp3) is 0.353. The molecule has 0 fully saturated rings. The van der Waals surface area contributed by atoms with E-state index in [0.29, 0.717) is 22.7 Å². The summed E-state index contributed by atoms with van der Waals surface area (Å²) in [4.78, 5) is 26.0. The van der Waals surface area contributed by atoms with E-state index in [4.69, 9.17) is 41.6 Å². The first-order chi connectivity index (χ1) is 12.9. The first-order valence-corrected chi connectivity index (χ1v) is 8.11. The summed E-state index contributed by atoms with van der Waals surface area (Å²) in [7, 11) is 5.35. The van der Waals surface area contributed by atoms with Gasteiger partial charge in [-0.25, -0.2) is 9.59 Å². The Balaban J connectivity index is 2.75. The zero-order valence-electron chi connectivity index (χ0n) is 15.4. The van der Waals surface area contributed by atoms with Gasteiger partial charge in [-0.3, -0.25) is 0 Å². The standard InChI is InChI=1S/C17H20N2O7S/c1-22-12-5-9(15(18)27)11(6-13(12)23-2)19-8-26-7-10(16(20)24-3)14(19)17(21)25-4/h5-6H,7-8H2,1-4H3,(H2,18,27). The van der Waals surface area contributed by atoms with Crippen molar-refractivity contribution < 1.29 is 33.3 Å². The molecule has 0 bridgehead atoms. The van der Waals surface area contributed by atoms with Crippen molar-refractivity contribution in [2.45, 2.75) is 0 Å². The minimum atomic E-state index is -0.734. The number of rotatable bonds is 6. The molecular weight excluding hydrogens is 376 g/mol. The van der Waals surface area contributed by atoms with E-state index in [1.165, 1.54) is 33.3 Å². The number of anilines is 1. The Bertz CT molecular complexity index is 807. The topological polar surface area (TPSA) is 110 Å². The molecule has 0 amide bonds. The van der Waals surface area contributed by atoms with Crippen molar-refractivity contribution in [2.75, 3.05) is 46.7 Å². The van der Waals surface area contributed by atoms with Gasteiger partial charge in [-0.1, -0.05) is 12.2 Å². The number of nitrogens with two attached hydrogens (primary N) is 1. The monoisotopic (exact) mass is 396 g/mol. The van der Waals surface area contributed by atoms with E-state index in [2.05, 4.69) is 0 Å². The predicted molar refractivity (Wildman–Crippen MR) is 99.8 cm³/mol. The first-order valence-electron chi connectivity index (χ1n) is 7.70. The average molecular weight is 396 g/mol. The number of ether oxygens (including phenoxy) is 5. The summed E-state index contributed by atoms with van der Waals surface area (Å²) in [5.74, 6) is -0.666. The number of benzene rings is 1. The zero-order valence-corrected chi connectivity index (χ0v) is 16.2. The van der Waals surface area contributed by atoms with Gasteiger partial charge in [-0.15, -0.1) is 0 Å². The first kappa shape index (κ1) is 20.5. The third-order valence-corrected chi connectivity index (χ3v) is 4.11. The lowest BCUT2D eigenvalue weighted by Crippen LogP contribution is -2.39. The number of thiocarbonyl (C=S) groups is 1. The number of esters is 2. The van der Waals surface area contributed by atoms with Crippen molar-refractivity contribution in [3.63, 3.8) is 0 Å². The Labute approximate surface area is 161 Å². The summed E-state index contributed by atoms with van der Waals surface area (Å²) < 4.78 is 25.7. The number of hydrogen-bond donors (Lipinski definition) is 1. The van der Waals surface area contributed by atoms with E-state index in [0.717, 1.165) is 0 Å². The molecule has 146 valence electrons. The highest BCUT2D eigenvalue weighted by Crippen LogP contribution is 2.38. The molecule has 0 saturated heterocycles. The molecule has 2 rings (SSSR count). The third kappa shape index (κ3) is 3.96. The van der Waals surface area contributed by atoms with Crippen molar-refractivity contribution in [3.8, 4) is 11.5 Å². The third-order valence-electron chi connectivity index (χ3n) is 3.89. The van der Waals surface area contributed by atoms with Crippen molar-refractivity contribution in [1.29, 1.82) is 0 Å². The normalized spacial score (nSPS) is 13.9. The molecule has 1 aromatic carbocycles. The molecule has 27 heavy (non-hydrogen) atoms. The fourth-order valence-electron chi connectivity index (χ4n) is 2.62. The predicted octanol–water partition coefficient (Wildman–Crippen LogP) is 0.732. The summed E-state index contributed by atoms with van der Waals surface area (Å²) in [5.41, 5.74) is 6.63. The molecule has 0 radical (unpaired) electrons. The molecular formula is C17H20N2O7S. The van der Waals surface area contributed by atoms with Crippen LogP contribution < -0.4 is 20.1 Å². The van der Waals surface area contributed by atoms with Gasteiger partial charge < -0.3 is 34.3 Å². The lowest BCUT2D eigenvalue weighted by molar-refractivity contribution is -0.140. The van der Waals surface area contributed by atoms with Gasteiger partial charge in [0.1, 0.15) is 17.4 Å². The molecule has 0 spiro atoms. The SMILES string of the molecule is COC(=O)C1=C(C(=O)OC)N(c2cc(OC)c(OC)cc2C(N)=S)COC1. The Morgan fingerprint density at radius 1 is 1.07 bits per heavy atom. The lowest BCUT2D eigenvalue weighted by atomic mass is 10.1. The highest BCUT2D eigenvalue weighted by Gasteiger charge is 2.34. The number of carbonyl (C=O) groups excluding carboxylic acids is 2. The van der Waals surface area contributed by atoms with Crippen LogP contribution in [0.2, 0.25) is 0 Å². The fourth-order valence-corrected chi connectivity index (χ4v) is 2.79. The second-order valence-corrected chi connectivity index (χ2v) is 5.74. The summed E-state index contributed by atoms with van der Waals surface area (Å²) in [6.07, 6.45) is 0. The van der Waals surface area contributed by atoms with Gasteiger partial charge in [-0.2, -0.15) is 0 Å². The van der Waals surface area contributed by atoms with Gasteiger partial charge in [0.2, 0.25) is 0 Å². The van der Waals surface area contributed by atoms with Crippen LogP contribution in [0.25, 0.3) is 0 Å². The van der Waals surface area contributed by atoms with Crippen molar-refractivity contribution in [3.05, 3.63) is 29.0 Å². The van der Waals surface area contributed by atoms with E-state index in [1.54, 1.807) is 12.1 Å². The van der Waals surface area contributed by atoms with Crippen LogP contribution in [0.4, 0.5) is 5.69 Å². The van der Waals surface area contributed by atoms with Crippen LogP contribution >= 0.6 is 12.2 Å². The van der Waals surface area contributed by atoms with Gasteiger partial charge in [0.15, 0.2) is 11.5 Å².